The van der Waals surface area contributed by atoms with Crippen molar-refractivity contribution in [2.45, 2.75) is 44.0 Å². The van der Waals surface area contributed by atoms with Gasteiger partial charge >= 0.3 is 0 Å². The van der Waals surface area contributed by atoms with Crippen LogP contribution in [0.5, 0.6) is 0 Å². The predicted octanol–water partition coefficient (Wildman–Crippen LogP) is 3.46. The number of carbonyl (C=O) groups is 1. The number of carbonyl (C=O) groups excluding carboxylic acids is 1. The molecule has 0 bridgehead atoms. The molecule has 3 rings (SSSR count). The van der Waals surface area contributed by atoms with E-state index in [1.165, 1.54) is 27.6 Å². The molecule has 1 amide bonds. The molecule has 0 aliphatic heterocycles. The van der Waals surface area contributed by atoms with Crippen molar-refractivity contribution < 1.29 is 13.2 Å². The molecule has 0 fully saturated rings. The molecule has 0 unspecified atom stereocenters. The van der Waals surface area contributed by atoms with E-state index in [-0.39, 0.29) is 16.8 Å². The Morgan fingerprint density at radius 1 is 1.04 bits per heavy atom. The number of benzene rings is 2. The Morgan fingerprint density at radius 2 is 1.69 bits per heavy atom. The molecule has 0 spiro atoms. The molecule has 1 N–H and O–H groups in total. The molecular weight excluding hydrogens is 348 g/mol. The molecule has 2 aromatic rings. The lowest BCUT2D eigenvalue weighted by Crippen LogP contribution is -2.33. The molecule has 0 aromatic heterocycles. The van der Waals surface area contributed by atoms with Crippen LogP contribution in [0.3, 0.4) is 0 Å². The molecule has 1 aliphatic carbocycles. The van der Waals surface area contributed by atoms with E-state index in [0.717, 1.165) is 24.9 Å². The van der Waals surface area contributed by atoms with Gasteiger partial charge in [-0.3, -0.25) is 4.79 Å². The number of aryl methyl sites for hydroxylation is 2. The lowest BCUT2D eigenvalue weighted by Gasteiger charge is -2.21. The maximum atomic E-state index is 12.5. The van der Waals surface area contributed by atoms with Crippen LogP contribution in [0.4, 0.5) is 5.69 Å². The average molecular weight is 372 g/mol. The highest BCUT2D eigenvalue weighted by Crippen LogP contribution is 2.25. The second-order valence-electron chi connectivity index (χ2n) is 6.93. The highest BCUT2D eigenvalue weighted by molar-refractivity contribution is 7.89. The smallest absolute Gasteiger partial charge is 0.255 e. The van der Waals surface area contributed by atoms with Crippen LogP contribution in [0, 0.1) is 0 Å². The van der Waals surface area contributed by atoms with Crippen LogP contribution in [0.2, 0.25) is 0 Å². The first-order valence-corrected chi connectivity index (χ1v) is 10.2. The van der Waals surface area contributed by atoms with Gasteiger partial charge in [-0.25, -0.2) is 8.42 Å². The normalized spacial score (nSPS) is 13.9. The molecule has 0 atom stereocenters. The lowest BCUT2D eigenvalue weighted by molar-refractivity contribution is 0.102. The summed E-state index contributed by atoms with van der Waals surface area (Å²) < 4.78 is 26.3. The standard InChI is InChI=1S/C20H24N2O3S/c1-14(2)22(3)26(24,25)19-11-8-16(9-12-19)20(23)21-18-10-7-15-5-4-6-17(15)13-18/h7-14H,4-6H2,1-3H3,(H,21,23). The van der Waals surface area contributed by atoms with Gasteiger partial charge in [0.15, 0.2) is 0 Å². The Hall–Kier alpha value is -2.18. The fourth-order valence-corrected chi connectivity index (χ4v) is 4.44. The minimum Gasteiger partial charge on any atom is -0.322 e. The molecule has 0 saturated carbocycles. The van der Waals surface area contributed by atoms with E-state index in [0.29, 0.717) is 5.56 Å². The van der Waals surface area contributed by atoms with Crippen molar-refractivity contribution in [2.24, 2.45) is 0 Å². The summed E-state index contributed by atoms with van der Waals surface area (Å²) in [6, 6.07) is 11.9. The number of amides is 1. The Kier molecular flexibility index (Phi) is 5.16. The minimum atomic E-state index is -3.54. The van der Waals surface area contributed by atoms with Gasteiger partial charge < -0.3 is 5.32 Å². The summed E-state index contributed by atoms with van der Waals surface area (Å²) in [6.45, 7) is 3.63. The van der Waals surface area contributed by atoms with Gasteiger partial charge in [0.25, 0.3) is 5.91 Å². The maximum Gasteiger partial charge on any atom is 0.255 e. The molecular formula is C20H24N2O3S. The zero-order valence-electron chi connectivity index (χ0n) is 15.3. The monoisotopic (exact) mass is 372 g/mol. The third-order valence-corrected chi connectivity index (χ3v) is 6.92. The number of anilines is 1. The number of nitrogens with zero attached hydrogens (tertiary/aromatic N) is 1. The molecule has 26 heavy (non-hydrogen) atoms. The van der Waals surface area contributed by atoms with Gasteiger partial charge in [0.1, 0.15) is 0 Å². The van der Waals surface area contributed by atoms with Gasteiger partial charge in [-0.05, 0) is 80.6 Å². The largest absolute Gasteiger partial charge is 0.322 e. The SMILES string of the molecule is CC(C)N(C)S(=O)(=O)c1ccc(C(=O)Nc2ccc3c(c2)CCC3)cc1. The van der Waals surface area contributed by atoms with Crippen LogP contribution in [0.25, 0.3) is 0 Å². The van der Waals surface area contributed by atoms with Crippen LogP contribution >= 0.6 is 0 Å². The average Bonchev–Trinajstić information content (AvgIpc) is 3.08. The van der Waals surface area contributed by atoms with Gasteiger partial charge in [-0.2, -0.15) is 4.31 Å². The van der Waals surface area contributed by atoms with Crippen LogP contribution in [-0.2, 0) is 22.9 Å². The van der Waals surface area contributed by atoms with Crippen LogP contribution < -0.4 is 5.32 Å². The first-order valence-electron chi connectivity index (χ1n) is 8.80. The van der Waals surface area contributed by atoms with Crippen LogP contribution in [0.15, 0.2) is 47.4 Å². The van der Waals surface area contributed by atoms with Gasteiger partial charge in [0.2, 0.25) is 10.0 Å². The summed E-state index contributed by atoms with van der Waals surface area (Å²) in [4.78, 5) is 12.6. The minimum absolute atomic E-state index is 0.136. The van der Waals surface area contributed by atoms with Crippen molar-refractivity contribution in [3.8, 4) is 0 Å². The molecule has 138 valence electrons. The van der Waals surface area contributed by atoms with Gasteiger partial charge in [-0.1, -0.05) is 6.07 Å². The zero-order chi connectivity index (χ0) is 18.9. The van der Waals surface area contributed by atoms with Gasteiger partial charge in [-0.15, -0.1) is 0 Å². The summed E-state index contributed by atoms with van der Waals surface area (Å²) in [6.07, 6.45) is 3.31. The second-order valence-corrected chi connectivity index (χ2v) is 8.93. The summed E-state index contributed by atoms with van der Waals surface area (Å²) in [5.41, 5.74) is 3.84. The van der Waals surface area contributed by atoms with Crippen molar-refractivity contribution in [1.29, 1.82) is 0 Å². The summed E-state index contributed by atoms with van der Waals surface area (Å²) in [5.74, 6) is -0.246. The first kappa shape index (κ1) is 18.6. The fraction of sp³-hybridized carbons (Fsp3) is 0.350. The highest BCUT2D eigenvalue weighted by Gasteiger charge is 2.23. The lowest BCUT2D eigenvalue weighted by atomic mass is 10.1. The van der Waals surface area contributed by atoms with E-state index < -0.39 is 10.0 Å². The topological polar surface area (TPSA) is 66.5 Å². The third-order valence-electron chi connectivity index (χ3n) is 4.88. The van der Waals surface area contributed by atoms with Crippen LogP contribution in [-0.4, -0.2) is 31.7 Å². The number of sulfonamides is 1. The Labute approximate surface area is 155 Å². The number of fused-ring (bicyclic) bond motifs is 1. The van der Waals surface area contributed by atoms with E-state index in [9.17, 15) is 13.2 Å². The Balaban J connectivity index is 1.75. The van der Waals surface area contributed by atoms with E-state index in [4.69, 9.17) is 0 Å². The molecule has 0 saturated heterocycles. The van der Waals surface area contributed by atoms with E-state index in [1.54, 1.807) is 19.2 Å². The summed E-state index contributed by atoms with van der Waals surface area (Å²) >= 11 is 0. The Morgan fingerprint density at radius 3 is 2.35 bits per heavy atom. The molecule has 0 radical (unpaired) electrons. The van der Waals surface area contributed by atoms with Gasteiger partial charge in [0.05, 0.1) is 4.90 Å². The van der Waals surface area contributed by atoms with Gasteiger partial charge in [0, 0.05) is 24.3 Å². The second kappa shape index (κ2) is 7.21. The predicted molar refractivity (Wildman–Crippen MR) is 103 cm³/mol. The molecule has 5 nitrogen and oxygen atoms in total. The number of hydrogen-bond donors (Lipinski definition) is 1. The zero-order valence-corrected chi connectivity index (χ0v) is 16.1. The van der Waals surface area contributed by atoms with Crippen molar-refractivity contribution in [2.75, 3.05) is 12.4 Å². The van der Waals surface area contributed by atoms with E-state index in [2.05, 4.69) is 11.4 Å². The van der Waals surface area contributed by atoms with E-state index in [1.807, 2.05) is 26.0 Å². The molecule has 1 aliphatic rings. The number of nitrogens with one attached hydrogen (secondary N) is 1. The highest BCUT2D eigenvalue weighted by atomic mass is 32.2. The third kappa shape index (κ3) is 3.66. The molecule has 2 aromatic carbocycles. The van der Waals surface area contributed by atoms with Crippen molar-refractivity contribution in [1.82, 2.24) is 4.31 Å². The van der Waals surface area contributed by atoms with Crippen molar-refractivity contribution in [3.63, 3.8) is 0 Å². The molecule has 0 heterocycles. The fourth-order valence-electron chi connectivity index (χ4n) is 3.07. The van der Waals surface area contributed by atoms with E-state index >= 15 is 0 Å². The first-order chi connectivity index (χ1) is 12.3. The number of rotatable bonds is 5. The maximum absolute atomic E-state index is 12.5. The summed E-state index contributed by atoms with van der Waals surface area (Å²) in [5, 5.41) is 2.89. The van der Waals surface area contributed by atoms with Crippen molar-refractivity contribution in [3.05, 3.63) is 59.2 Å². The molecule has 6 heteroatoms. The number of hydrogen-bond acceptors (Lipinski definition) is 3. The van der Waals surface area contributed by atoms with Crippen LogP contribution in [0.1, 0.15) is 41.8 Å². The quantitative estimate of drug-likeness (QED) is 0.874. The Bertz CT molecular complexity index is 919. The summed E-state index contributed by atoms with van der Waals surface area (Å²) in [7, 11) is -1.99. The van der Waals surface area contributed by atoms with Crippen molar-refractivity contribution >= 4 is 21.6 Å².